The van der Waals surface area contributed by atoms with Crippen LogP contribution in [0.15, 0.2) is 41.2 Å². The molecule has 0 atom stereocenters. The van der Waals surface area contributed by atoms with Crippen LogP contribution in [-0.2, 0) is 0 Å². The first-order valence-electron chi connectivity index (χ1n) is 5.79. The number of rotatable bonds is 3. The first-order valence-corrected chi connectivity index (χ1v) is 5.79. The Morgan fingerprint density at radius 1 is 1.15 bits per heavy atom. The molecule has 0 saturated heterocycles. The highest BCUT2D eigenvalue weighted by atomic mass is 16.2. The lowest BCUT2D eigenvalue weighted by atomic mass is 10.2. The summed E-state index contributed by atoms with van der Waals surface area (Å²) in [4.78, 5) is 34.2. The van der Waals surface area contributed by atoms with E-state index < -0.39 is 5.91 Å². The fourth-order valence-electron chi connectivity index (χ4n) is 1.55. The zero-order chi connectivity index (χ0) is 14.5. The molecular formula is C13H12N4O3. The van der Waals surface area contributed by atoms with Crippen LogP contribution < -0.4 is 16.2 Å². The van der Waals surface area contributed by atoms with Gasteiger partial charge in [-0.25, -0.2) is 5.10 Å². The van der Waals surface area contributed by atoms with Crippen molar-refractivity contribution < 1.29 is 9.59 Å². The number of aromatic nitrogens is 2. The number of H-pyrrole nitrogens is 1. The van der Waals surface area contributed by atoms with Gasteiger partial charge in [0.15, 0.2) is 0 Å². The van der Waals surface area contributed by atoms with Gasteiger partial charge < -0.3 is 10.6 Å². The van der Waals surface area contributed by atoms with Crippen LogP contribution in [0.25, 0.3) is 0 Å². The van der Waals surface area contributed by atoms with Crippen LogP contribution >= 0.6 is 0 Å². The second-order valence-corrected chi connectivity index (χ2v) is 3.92. The Kier molecular flexibility index (Phi) is 3.90. The Morgan fingerprint density at radius 2 is 1.95 bits per heavy atom. The van der Waals surface area contributed by atoms with E-state index in [9.17, 15) is 14.4 Å². The summed E-state index contributed by atoms with van der Waals surface area (Å²) in [6, 6.07) is 9.01. The molecule has 2 amide bonds. The number of nitrogens with one attached hydrogen (secondary N) is 3. The highest BCUT2D eigenvalue weighted by molar-refractivity contribution is 6.03. The monoisotopic (exact) mass is 272 g/mol. The van der Waals surface area contributed by atoms with Gasteiger partial charge in [-0.1, -0.05) is 6.07 Å². The average molecular weight is 272 g/mol. The molecule has 0 aliphatic carbocycles. The number of aromatic amines is 1. The highest BCUT2D eigenvalue weighted by Gasteiger charge is 2.09. The Hall–Kier alpha value is -2.96. The smallest absolute Gasteiger partial charge is 0.276 e. The summed E-state index contributed by atoms with van der Waals surface area (Å²) in [6.07, 6.45) is 0. The molecule has 0 aliphatic rings. The summed E-state index contributed by atoms with van der Waals surface area (Å²) >= 11 is 0. The van der Waals surface area contributed by atoms with Gasteiger partial charge in [-0.05, 0) is 24.3 Å². The SMILES string of the molecule is CNC(=O)c1cccc(NC(=O)c2ccc(=O)[nH]n2)c1. The molecule has 3 N–H and O–H groups in total. The summed E-state index contributed by atoms with van der Waals surface area (Å²) in [5.41, 5.74) is 0.585. The fraction of sp³-hybridized carbons (Fsp3) is 0.0769. The maximum Gasteiger partial charge on any atom is 0.276 e. The van der Waals surface area contributed by atoms with Crippen molar-refractivity contribution in [2.24, 2.45) is 0 Å². The van der Waals surface area contributed by atoms with Crippen molar-refractivity contribution in [1.29, 1.82) is 0 Å². The highest BCUT2D eigenvalue weighted by Crippen LogP contribution is 2.11. The maximum absolute atomic E-state index is 11.9. The van der Waals surface area contributed by atoms with Gasteiger partial charge >= 0.3 is 0 Å². The van der Waals surface area contributed by atoms with E-state index in [1.807, 2.05) is 0 Å². The summed E-state index contributed by atoms with van der Waals surface area (Å²) in [5.74, 6) is -0.724. The van der Waals surface area contributed by atoms with Gasteiger partial charge in [-0.15, -0.1) is 0 Å². The Morgan fingerprint density at radius 3 is 2.60 bits per heavy atom. The number of benzene rings is 1. The molecule has 0 fully saturated rings. The Labute approximate surface area is 114 Å². The van der Waals surface area contributed by atoms with E-state index in [0.717, 1.165) is 0 Å². The van der Waals surface area contributed by atoms with Gasteiger partial charge in [-0.2, -0.15) is 5.10 Å². The van der Waals surface area contributed by atoms with E-state index in [4.69, 9.17) is 0 Å². The summed E-state index contributed by atoms with van der Waals surface area (Å²) in [7, 11) is 1.53. The van der Waals surface area contributed by atoms with E-state index in [1.54, 1.807) is 24.3 Å². The summed E-state index contributed by atoms with van der Waals surface area (Å²) < 4.78 is 0. The second-order valence-electron chi connectivity index (χ2n) is 3.92. The standard InChI is InChI=1S/C13H12N4O3/c1-14-12(19)8-3-2-4-9(7-8)15-13(20)10-5-6-11(18)17-16-10/h2-7H,1H3,(H,14,19)(H,15,20)(H,17,18). The molecule has 7 nitrogen and oxygen atoms in total. The van der Waals surface area contributed by atoms with E-state index in [2.05, 4.69) is 20.8 Å². The van der Waals surface area contributed by atoms with Gasteiger partial charge in [0, 0.05) is 24.4 Å². The number of amides is 2. The molecule has 2 aromatic rings. The molecule has 2 rings (SSSR count). The van der Waals surface area contributed by atoms with Crippen LogP contribution in [0.4, 0.5) is 5.69 Å². The van der Waals surface area contributed by atoms with Gasteiger partial charge in [0.1, 0.15) is 5.69 Å². The van der Waals surface area contributed by atoms with Gasteiger partial charge in [0.05, 0.1) is 0 Å². The molecule has 20 heavy (non-hydrogen) atoms. The predicted octanol–water partition coefficient (Wildman–Crippen LogP) is 0.382. The average Bonchev–Trinajstić information content (AvgIpc) is 2.47. The summed E-state index contributed by atoms with van der Waals surface area (Å²) in [5, 5.41) is 10.9. The number of hydrogen-bond acceptors (Lipinski definition) is 4. The first-order chi connectivity index (χ1) is 9.60. The lowest BCUT2D eigenvalue weighted by Crippen LogP contribution is -2.19. The Bertz CT molecular complexity index is 688. The van der Waals surface area contributed by atoms with E-state index >= 15 is 0 Å². The van der Waals surface area contributed by atoms with E-state index in [0.29, 0.717) is 11.3 Å². The molecule has 0 spiro atoms. The number of carbonyl (C=O) groups is 2. The molecule has 7 heteroatoms. The quantitative estimate of drug-likeness (QED) is 0.751. The lowest BCUT2D eigenvalue weighted by molar-refractivity contribution is 0.0961. The normalized spacial score (nSPS) is 9.85. The molecule has 1 heterocycles. The third-order valence-electron chi connectivity index (χ3n) is 2.52. The zero-order valence-corrected chi connectivity index (χ0v) is 10.6. The molecule has 102 valence electrons. The third-order valence-corrected chi connectivity index (χ3v) is 2.52. The first kappa shape index (κ1) is 13.5. The lowest BCUT2D eigenvalue weighted by Gasteiger charge is -2.06. The van der Waals surface area contributed by atoms with Gasteiger partial charge in [-0.3, -0.25) is 14.4 Å². The van der Waals surface area contributed by atoms with Crippen LogP contribution in [0, 0.1) is 0 Å². The van der Waals surface area contributed by atoms with Crippen molar-refractivity contribution in [3.8, 4) is 0 Å². The van der Waals surface area contributed by atoms with Crippen LogP contribution in [0.1, 0.15) is 20.8 Å². The van der Waals surface area contributed by atoms with Gasteiger partial charge in [0.25, 0.3) is 17.4 Å². The topological polar surface area (TPSA) is 104 Å². The molecule has 1 aromatic heterocycles. The largest absolute Gasteiger partial charge is 0.355 e. The minimum Gasteiger partial charge on any atom is -0.355 e. The van der Waals surface area contributed by atoms with Crippen LogP contribution in [-0.4, -0.2) is 29.1 Å². The third kappa shape index (κ3) is 3.08. The molecular weight excluding hydrogens is 260 g/mol. The maximum atomic E-state index is 11.9. The van der Waals surface area contributed by atoms with Crippen LogP contribution in [0.5, 0.6) is 0 Å². The van der Waals surface area contributed by atoms with E-state index in [-0.39, 0.29) is 17.2 Å². The molecule has 0 saturated carbocycles. The minimum atomic E-state index is -0.477. The Balaban J connectivity index is 2.17. The van der Waals surface area contributed by atoms with Crippen molar-refractivity contribution in [2.45, 2.75) is 0 Å². The van der Waals surface area contributed by atoms with Crippen molar-refractivity contribution in [2.75, 3.05) is 12.4 Å². The van der Waals surface area contributed by atoms with Crippen molar-refractivity contribution in [1.82, 2.24) is 15.5 Å². The zero-order valence-electron chi connectivity index (χ0n) is 10.6. The van der Waals surface area contributed by atoms with Crippen molar-refractivity contribution in [3.05, 3.63) is 58.0 Å². The van der Waals surface area contributed by atoms with Gasteiger partial charge in [0.2, 0.25) is 0 Å². The molecule has 1 aromatic carbocycles. The molecule has 0 bridgehead atoms. The van der Waals surface area contributed by atoms with Crippen molar-refractivity contribution >= 4 is 17.5 Å². The number of carbonyl (C=O) groups excluding carboxylic acids is 2. The molecule has 0 radical (unpaired) electrons. The molecule has 0 aliphatic heterocycles. The fourth-order valence-corrected chi connectivity index (χ4v) is 1.55. The van der Waals surface area contributed by atoms with Crippen LogP contribution in [0.3, 0.4) is 0 Å². The van der Waals surface area contributed by atoms with Crippen molar-refractivity contribution in [3.63, 3.8) is 0 Å². The van der Waals surface area contributed by atoms with Crippen LogP contribution in [0.2, 0.25) is 0 Å². The molecule has 0 unspecified atom stereocenters. The minimum absolute atomic E-state index is 0.0787. The summed E-state index contributed by atoms with van der Waals surface area (Å²) in [6.45, 7) is 0. The number of hydrogen-bond donors (Lipinski definition) is 3. The number of anilines is 1. The van der Waals surface area contributed by atoms with E-state index in [1.165, 1.54) is 19.2 Å². The predicted molar refractivity (Wildman–Crippen MR) is 72.6 cm³/mol. The number of nitrogens with zero attached hydrogens (tertiary/aromatic N) is 1. The second kappa shape index (κ2) is 5.79.